The van der Waals surface area contributed by atoms with Crippen LogP contribution in [0.3, 0.4) is 0 Å². The van der Waals surface area contributed by atoms with Crippen LogP contribution in [-0.2, 0) is 4.79 Å². The van der Waals surface area contributed by atoms with Crippen LogP contribution in [0.15, 0.2) is 36.4 Å². The average molecular weight is 491 g/mol. The maximum Gasteiger partial charge on any atom is 0.388 e. The van der Waals surface area contributed by atoms with Gasteiger partial charge in [0.2, 0.25) is 17.7 Å². The second-order valence-corrected chi connectivity index (χ2v) is 8.91. The smallest absolute Gasteiger partial charge is 0.388 e. The van der Waals surface area contributed by atoms with E-state index in [1.54, 1.807) is 19.1 Å². The van der Waals surface area contributed by atoms with E-state index in [1.807, 2.05) is 30.9 Å². The normalized spacial score (nSPS) is 18.2. The fourth-order valence-electron chi connectivity index (χ4n) is 4.51. The van der Waals surface area contributed by atoms with Gasteiger partial charge in [-0.25, -0.2) is 4.79 Å². The van der Waals surface area contributed by atoms with Crippen molar-refractivity contribution in [2.45, 2.75) is 58.6 Å². The van der Waals surface area contributed by atoms with Crippen LogP contribution >= 0.6 is 0 Å². The van der Waals surface area contributed by atoms with E-state index in [0.29, 0.717) is 11.7 Å². The number of amides is 3. The molecule has 1 saturated heterocycles. The Labute approximate surface area is 204 Å². The molecule has 0 spiro atoms. The van der Waals surface area contributed by atoms with Crippen LogP contribution in [0.1, 0.15) is 51.5 Å². The summed E-state index contributed by atoms with van der Waals surface area (Å²) >= 11 is 0. The standard InChI is InChI=1S/C17H19F2N3O3.C8H13NO/c1-10(2)11-6-4-5-7-12(11)20-17(23)21-13-8-9-14(24-3)22-15(13)25-16(18)19;1-6(10)9-5-7-2-3-8(9)4-7/h4-10,16H,1-3H3,(H2,20,21,23);7-8H,2-5H2,1H3. The van der Waals surface area contributed by atoms with E-state index in [9.17, 15) is 18.4 Å². The molecule has 1 aromatic heterocycles. The monoisotopic (exact) mass is 490 g/mol. The first kappa shape index (κ1) is 26.2. The molecule has 0 radical (unpaired) electrons. The lowest BCUT2D eigenvalue weighted by atomic mass is 10.0. The molecular formula is C25H32F2N4O4. The van der Waals surface area contributed by atoms with E-state index >= 15 is 0 Å². The first-order valence-corrected chi connectivity index (χ1v) is 11.6. The molecule has 10 heteroatoms. The number of hydrogen-bond donors (Lipinski definition) is 2. The highest BCUT2D eigenvalue weighted by molar-refractivity contribution is 6.01. The highest BCUT2D eigenvalue weighted by Crippen LogP contribution is 2.37. The number of urea groups is 1. The predicted molar refractivity (Wildman–Crippen MR) is 129 cm³/mol. The topological polar surface area (TPSA) is 92.8 Å². The van der Waals surface area contributed by atoms with Gasteiger partial charge in [-0.2, -0.15) is 13.8 Å². The first-order valence-electron chi connectivity index (χ1n) is 11.6. The van der Waals surface area contributed by atoms with Gasteiger partial charge in [0.25, 0.3) is 0 Å². The van der Waals surface area contributed by atoms with E-state index in [1.165, 1.54) is 38.5 Å². The van der Waals surface area contributed by atoms with E-state index in [-0.39, 0.29) is 23.4 Å². The number of halogens is 2. The second kappa shape index (κ2) is 11.8. The Morgan fingerprint density at radius 3 is 2.34 bits per heavy atom. The number of likely N-dealkylation sites (tertiary alicyclic amines) is 1. The summed E-state index contributed by atoms with van der Waals surface area (Å²) in [5, 5.41) is 5.15. The molecule has 4 rings (SSSR count). The molecule has 35 heavy (non-hydrogen) atoms. The Balaban J connectivity index is 0.000000281. The van der Waals surface area contributed by atoms with Gasteiger partial charge in [0.1, 0.15) is 5.69 Å². The van der Waals surface area contributed by atoms with Gasteiger partial charge < -0.3 is 25.0 Å². The van der Waals surface area contributed by atoms with Crippen molar-refractivity contribution < 1.29 is 27.8 Å². The van der Waals surface area contributed by atoms with Crippen LogP contribution in [0.4, 0.5) is 25.0 Å². The molecule has 2 atom stereocenters. The summed E-state index contributed by atoms with van der Waals surface area (Å²) in [7, 11) is 1.34. The lowest BCUT2D eigenvalue weighted by Crippen LogP contribution is -2.35. The Hall–Kier alpha value is -3.43. The minimum atomic E-state index is -3.08. The molecule has 2 aliphatic rings. The fourth-order valence-corrected chi connectivity index (χ4v) is 4.51. The van der Waals surface area contributed by atoms with Gasteiger partial charge in [-0.05, 0) is 48.8 Å². The van der Waals surface area contributed by atoms with Gasteiger partial charge in [-0.1, -0.05) is 32.0 Å². The SMILES string of the molecule is CC(=O)N1CC2CCC1C2.COc1ccc(NC(=O)Nc2ccccc2C(C)C)c(OC(F)F)n1. The summed E-state index contributed by atoms with van der Waals surface area (Å²) in [5.74, 6) is 0.978. The number of nitrogens with zero attached hydrogens (tertiary/aromatic N) is 2. The number of fused-ring (bicyclic) bond motifs is 2. The number of para-hydroxylation sites is 1. The molecule has 3 amide bonds. The number of piperidine rings is 1. The molecule has 2 aromatic rings. The van der Waals surface area contributed by atoms with Gasteiger partial charge in [-0.15, -0.1) is 0 Å². The van der Waals surface area contributed by atoms with Crippen molar-refractivity contribution in [3.05, 3.63) is 42.0 Å². The van der Waals surface area contributed by atoms with Crippen LogP contribution in [0.2, 0.25) is 0 Å². The van der Waals surface area contributed by atoms with Crippen molar-refractivity contribution in [1.29, 1.82) is 0 Å². The zero-order chi connectivity index (χ0) is 25.5. The molecule has 1 aromatic carbocycles. The third-order valence-corrected chi connectivity index (χ3v) is 6.14. The minimum Gasteiger partial charge on any atom is -0.481 e. The summed E-state index contributed by atoms with van der Waals surface area (Å²) in [6.07, 6.45) is 3.89. The number of ether oxygens (including phenoxy) is 2. The summed E-state index contributed by atoms with van der Waals surface area (Å²) in [6, 6.07) is 10.1. The molecular weight excluding hydrogens is 458 g/mol. The number of methoxy groups -OCH3 is 1. The largest absolute Gasteiger partial charge is 0.481 e. The maximum absolute atomic E-state index is 12.5. The van der Waals surface area contributed by atoms with Gasteiger partial charge in [0, 0.05) is 31.3 Å². The van der Waals surface area contributed by atoms with Crippen molar-refractivity contribution in [2.24, 2.45) is 5.92 Å². The summed E-state index contributed by atoms with van der Waals surface area (Å²) in [5.41, 5.74) is 1.59. The third-order valence-electron chi connectivity index (χ3n) is 6.14. The number of benzene rings is 1. The number of anilines is 2. The molecule has 2 unspecified atom stereocenters. The predicted octanol–water partition coefficient (Wildman–Crippen LogP) is 5.48. The zero-order valence-corrected chi connectivity index (χ0v) is 20.4. The molecule has 2 N–H and O–H groups in total. The van der Waals surface area contributed by atoms with Crippen molar-refractivity contribution in [3.63, 3.8) is 0 Å². The number of pyridine rings is 1. The summed E-state index contributed by atoms with van der Waals surface area (Å²) in [4.78, 5) is 29.0. The van der Waals surface area contributed by atoms with Gasteiger partial charge in [0.15, 0.2) is 0 Å². The number of nitrogens with one attached hydrogen (secondary N) is 2. The van der Waals surface area contributed by atoms with E-state index < -0.39 is 18.5 Å². The minimum absolute atomic E-state index is 0.000582. The molecule has 1 saturated carbocycles. The Morgan fingerprint density at radius 1 is 1.09 bits per heavy atom. The van der Waals surface area contributed by atoms with Crippen molar-refractivity contribution in [3.8, 4) is 11.8 Å². The number of alkyl halides is 2. The van der Waals surface area contributed by atoms with Crippen molar-refractivity contribution in [2.75, 3.05) is 24.3 Å². The van der Waals surface area contributed by atoms with E-state index in [0.717, 1.165) is 18.0 Å². The molecule has 2 bridgehead atoms. The highest BCUT2D eigenvalue weighted by atomic mass is 19.3. The highest BCUT2D eigenvalue weighted by Gasteiger charge is 2.38. The van der Waals surface area contributed by atoms with Gasteiger partial charge >= 0.3 is 12.6 Å². The van der Waals surface area contributed by atoms with E-state index in [4.69, 9.17) is 4.74 Å². The molecule has 1 aliphatic carbocycles. The average Bonchev–Trinajstić information content (AvgIpc) is 3.44. The van der Waals surface area contributed by atoms with Crippen LogP contribution < -0.4 is 20.1 Å². The van der Waals surface area contributed by atoms with Crippen molar-refractivity contribution in [1.82, 2.24) is 9.88 Å². The number of hydrogen-bond acceptors (Lipinski definition) is 5. The molecule has 1 aliphatic heterocycles. The summed E-state index contributed by atoms with van der Waals surface area (Å²) < 4.78 is 34.3. The number of carbonyl (C=O) groups is 2. The van der Waals surface area contributed by atoms with Crippen LogP contribution in [-0.4, -0.2) is 48.1 Å². The lowest BCUT2D eigenvalue weighted by Gasteiger charge is -2.25. The van der Waals surface area contributed by atoms with Crippen molar-refractivity contribution >= 4 is 23.3 Å². The number of aromatic nitrogens is 1. The van der Waals surface area contributed by atoms with Crippen LogP contribution in [0, 0.1) is 5.92 Å². The van der Waals surface area contributed by atoms with E-state index in [2.05, 4.69) is 20.4 Å². The number of rotatable bonds is 6. The van der Waals surface area contributed by atoms with Crippen LogP contribution in [0.25, 0.3) is 0 Å². The summed E-state index contributed by atoms with van der Waals surface area (Å²) in [6.45, 7) is 3.64. The molecule has 190 valence electrons. The fraction of sp³-hybridized carbons (Fsp3) is 0.480. The molecule has 8 nitrogen and oxygen atoms in total. The number of carbonyl (C=O) groups excluding carboxylic acids is 2. The molecule has 2 fully saturated rings. The first-order chi connectivity index (χ1) is 16.7. The Kier molecular flexibility index (Phi) is 8.84. The maximum atomic E-state index is 12.5. The second-order valence-electron chi connectivity index (χ2n) is 8.91. The van der Waals surface area contributed by atoms with Gasteiger partial charge in [0.05, 0.1) is 7.11 Å². The molecule has 2 heterocycles. The quantitative estimate of drug-likeness (QED) is 0.560. The Bertz CT molecular complexity index is 1030. The zero-order valence-electron chi connectivity index (χ0n) is 20.4. The Morgan fingerprint density at radius 2 is 1.80 bits per heavy atom. The lowest BCUT2D eigenvalue weighted by molar-refractivity contribution is -0.130. The van der Waals surface area contributed by atoms with Gasteiger partial charge in [-0.3, -0.25) is 4.79 Å². The third kappa shape index (κ3) is 7.03. The van der Waals surface area contributed by atoms with Crippen LogP contribution in [0.5, 0.6) is 11.8 Å².